The Balaban J connectivity index is 1.69. The van der Waals surface area contributed by atoms with Crippen LogP contribution >= 0.6 is 22.9 Å². The SMILES string of the molecule is Cc1ccc(NC(=O)C2CCc3ncsc3C2)cc1Cl. The van der Waals surface area contributed by atoms with E-state index in [9.17, 15) is 4.79 Å². The second kappa shape index (κ2) is 5.54. The third-order valence-corrected chi connectivity index (χ3v) is 5.00. The molecular weight excluding hydrogens is 292 g/mol. The molecule has 0 bridgehead atoms. The van der Waals surface area contributed by atoms with Gasteiger partial charge in [-0.25, -0.2) is 4.98 Å². The molecule has 104 valence electrons. The van der Waals surface area contributed by atoms with Gasteiger partial charge in [-0.15, -0.1) is 11.3 Å². The zero-order valence-corrected chi connectivity index (χ0v) is 12.7. The number of hydrogen-bond acceptors (Lipinski definition) is 3. The van der Waals surface area contributed by atoms with Crippen LogP contribution < -0.4 is 5.32 Å². The first-order valence-corrected chi connectivity index (χ1v) is 7.87. The molecule has 1 aliphatic rings. The summed E-state index contributed by atoms with van der Waals surface area (Å²) in [6.07, 6.45) is 2.55. The van der Waals surface area contributed by atoms with E-state index < -0.39 is 0 Å². The van der Waals surface area contributed by atoms with Gasteiger partial charge in [-0.2, -0.15) is 0 Å². The monoisotopic (exact) mass is 306 g/mol. The van der Waals surface area contributed by atoms with E-state index in [1.165, 1.54) is 4.88 Å². The fourth-order valence-corrected chi connectivity index (χ4v) is 3.51. The number of anilines is 1. The molecule has 1 aromatic carbocycles. The van der Waals surface area contributed by atoms with Crippen molar-refractivity contribution in [2.24, 2.45) is 5.92 Å². The van der Waals surface area contributed by atoms with Crippen molar-refractivity contribution in [1.29, 1.82) is 0 Å². The van der Waals surface area contributed by atoms with Crippen LogP contribution in [0.25, 0.3) is 0 Å². The second-order valence-electron chi connectivity index (χ2n) is 5.12. The third kappa shape index (κ3) is 2.72. The first-order valence-electron chi connectivity index (χ1n) is 6.62. The molecule has 1 unspecified atom stereocenters. The molecule has 0 spiro atoms. The normalized spacial score (nSPS) is 17.6. The summed E-state index contributed by atoms with van der Waals surface area (Å²) in [5.74, 6) is 0.104. The van der Waals surface area contributed by atoms with Crippen LogP contribution in [-0.2, 0) is 17.6 Å². The lowest BCUT2D eigenvalue weighted by atomic mass is 9.90. The number of carbonyl (C=O) groups is 1. The van der Waals surface area contributed by atoms with E-state index in [2.05, 4.69) is 10.3 Å². The number of halogens is 1. The standard InChI is InChI=1S/C15H15ClN2OS/c1-9-2-4-11(7-12(9)16)18-15(19)10-3-5-13-14(6-10)20-8-17-13/h2,4,7-8,10H,3,5-6H2,1H3,(H,18,19). The van der Waals surface area contributed by atoms with Gasteiger partial charge >= 0.3 is 0 Å². The third-order valence-electron chi connectivity index (χ3n) is 3.70. The zero-order chi connectivity index (χ0) is 14.1. The van der Waals surface area contributed by atoms with E-state index in [1.54, 1.807) is 17.4 Å². The lowest BCUT2D eigenvalue weighted by Gasteiger charge is -2.20. The van der Waals surface area contributed by atoms with Crippen LogP contribution in [-0.4, -0.2) is 10.9 Å². The lowest BCUT2D eigenvalue weighted by Crippen LogP contribution is -2.27. The highest BCUT2D eigenvalue weighted by atomic mass is 35.5. The largest absolute Gasteiger partial charge is 0.326 e. The average molecular weight is 307 g/mol. The maximum atomic E-state index is 12.3. The van der Waals surface area contributed by atoms with Crippen molar-refractivity contribution in [1.82, 2.24) is 4.98 Å². The highest BCUT2D eigenvalue weighted by Crippen LogP contribution is 2.29. The van der Waals surface area contributed by atoms with Gasteiger partial charge in [-0.05, 0) is 43.9 Å². The number of amides is 1. The van der Waals surface area contributed by atoms with Crippen LogP contribution in [0.2, 0.25) is 5.02 Å². The van der Waals surface area contributed by atoms with Crippen LogP contribution in [0, 0.1) is 12.8 Å². The summed E-state index contributed by atoms with van der Waals surface area (Å²) in [5.41, 5.74) is 4.81. The quantitative estimate of drug-likeness (QED) is 0.915. The fraction of sp³-hybridized carbons (Fsp3) is 0.333. The number of nitrogens with one attached hydrogen (secondary N) is 1. The van der Waals surface area contributed by atoms with Crippen molar-refractivity contribution in [2.45, 2.75) is 26.2 Å². The number of aromatic nitrogens is 1. The Bertz CT molecular complexity index is 653. The minimum atomic E-state index is 0.0306. The number of benzene rings is 1. The number of nitrogens with zero attached hydrogens (tertiary/aromatic N) is 1. The average Bonchev–Trinajstić information content (AvgIpc) is 2.90. The number of thiazole rings is 1. The van der Waals surface area contributed by atoms with Gasteiger partial charge in [0.15, 0.2) is 0 Å². The molecule has 2 aromatic rings. The molecule has 20 heavy (non-hydrogen) atoms. The summed E-state index contributed by atoms with van der Waals surface area (Å²) in [6, 6.07) is 5.61. The zero-order valence-electron chi connectivity index (χ0n) is 11.1. The molecule has 0 radical (unpaired) electrons. The molecule has 0 aliphatic heterocycles. The molecule has 1 atom stereocenters. The molecule has 1 N–H and O–H groups in total. The summed E-state index contributed by atoms with van der Waals surface area (Å²) in [6.45, 7) is 1.94. The summed E-state index contributed by atoms with van der Waals surface area (Å²) < 4.78 is 0. The first kappa shape index (κ1) is 13.6. The molecule has 3 nitrogen and oxygen atoms in total. The lowest BCUT2D eigenvalue weighted by molar-refractivity contribution is -0.120. The Hall–Kier alpha value is -1.39. The Labute approximate surface area is 127 Å². The molecule has 1 aliphatic carbocycles. The van der Waals surface area contributed by atoms with Crippen LogP contribution in [0.5, 0.6) is 0 Å². The number of aryl methyl sites for hydroxylation is 2. The molecule has 1 amide bonds. The number of fused-ring (bicyclic) bond motifs is 1. The van der Waals surface area contributed by atoms with Crippen LogP contribution in [0.3, 0.4) is 0 Å². The van der Waals surface area contributed by atoms with Gasteiger partial charge in [-0.3, -0.25) is 4.79 Å². The second-order valence-corrected chi connectivity index (χ2v) is 6.46. The molecule has 5 heteroatoms. The molecular formula is C15H15ClN2OS. The van der Waals surface area contributed by atoms with E-state index >= 15 is 0 Å². The fourth-order valence-electron chi connectivity index (χ4n) is 2.44. The van der Waals surface area contributed by atoms with Crippen molar-refractivity contribution in [3.8, 4) is 0 Å². The number of hydrogen-bond donors (Lipinski definition) is 1. The van der Waals surface area contributed by atoms with E-state index in [0.29, 0.717) is 5.02 Å². The highest BCUT2D eigenvalue weighted by Gasteiger charge is 2.26. The van der Waals surface area contributed by atoms with Crippen molar-refractivity contribution in [3.05, 3.63) is 44.9 Å². The highest BCUT2D eigenvalue weighted by molar-refractivity contribution is 7.09. The molecule has 0 saturated carbocycles. The predicted octanol–water partition coefficient (Wildman–Crippen LogP) is 3.85. The first-order chi connectivity index (χ1) is 9.63. The maximum Gasteiger partial charge on any atom is 0.227 e. The molecule has 3 rings (SSSR count). The smallest absolute Gasteiger partial charge is 0.227 e. The Morgan fingerprint density at radius 2 is 2.35 bits per heavy atom. The number of carbonyl (C=O) groups excluding carboxylic acids is 1. The van der Waals surface area contributed by atoms with Crippen molar-refractivity contribution in [3.63, 3.8) is 0 Å². The van der Waals surface area contributed by atoms with Gasteiger partial charge in [0, 0.05) is 21.5 Å². The Kier molecular flexibility index (Phi) is 3.76. The Morgan fingerprint density at radius 1 is 1.50 bits per heavy atom. The van der Waals surface area contributed by atoms with Gasteiger partial charge < -0.3 is 5.32 Å². The van der Waals surface area contributed by atoms with Gasteiger partial charge in [0.05, 0.1) is 11.2 Å². The summed E-state index contributed by atoms with van der Waals surface area (Å²) >= 11 is 7.72. The molecule has 0 fully saturated rings. The number of rotatable bonds is 2. The summed E-state index contributed by atoms with van der Waals surface area (Å²) in [7, 11) is 0. The van der Waals surface area contributed by atoms with Crippen molar-refractivity contribution in [2.75, 3.05) is 5.32 Å². The van der Waals surface area contributed by atoms with E-state index in [1.807, 2.05) is 24.6 Å². The molecule has 1 aromatic heterocycles. The van der Waals surface area contributed by atoms with Gasteiger partial charge in [0.1, 0.15) is 0 Å². The van der Waals surface area contributed by atoms with Crippen molar-refractivity contribution < 1.29 is 4.79 Å². The van der Waals surface area contributed by atoms with Crippen LogP contribution in [0.1, 0.15) is 22.6 Å². The Morgan fingerprint density at radius 3 is 3.15 bits per heavy atom. The van der Waals surface area contributed by atoms with Gasteiger partial charge in [0.25, 0.3) is 0 Å². The summed E-state index contributed by atoms with van der Waals surface area (Å²) in [5, 5.41) is 3.64. The topological polar surface area (TPSA) is 42.0 Å². The van der Waals surface area contributed by atoms with Crippen molar-refractivity contribution >= 4 is 34.5 Å². The molecule has 1 heterocycles. The predicted molar refractivity (Wildman–Crippen MR) is 82.4 cm³/mol. The van der Waals surface area contributed by atoms with E-state index in [0.717, 1.165) is 36.2 Å². The van der Waals surface area contributed by atoms with E-state index in [4.69, 9.17) is 11.6 Å². The van der Waals surface area contributed by atoms with Crippen LogP contribution in [0.15, 0.2) is 23.7 Å². The van der Waals surface area contributed by atoms with E-state index in [-0.39, 0.29) is 11.8 Å². The van der Waals surface area contributed by atoms with Crippen LogP contribution in [0.4, 0.5) is 5.69 Å². The van der Waals surface area contributed by atoms with Gasteiger partial charge in [0.2, 0.25) is 5.91 Å². The maximum absolute atomic E-state index is 12.3. The van der Waals surface area contributed by atoms with Gasteiger partial charge in [-0.1, -0.05) is 17.7 Å². The molecule has 0 saturated heterocycles. The minimum Gasteiger partial charge on any atom is -0.326 e. The minimum absolute atomic E-state index is 0.0306. The summed E-state index contributed by atoms with van der Waals surface area (Å²) in [4.78, 5) is 17.9.